The Labute approximate surface area is 169 Å². The van der Waals surface area contributed by atoms with Gasteiger partial charge in [0.15, 0.2) is 0 Å². The molecule has 1 fully saturated rings. The SMILES string of the molecule is CCCCCCCCCCCCCCCCCCOCC1CC(CO)CO1. The van der Waals surface area contributed by atoms with E-state index < -0.39 is 0 Å². The minimum atomic E-state index is 0.211. The molecule has 3 nitrogen and oxygen atoms in total. The highest BCUT2D eigenvalue weighted by Crippen LogP contribution is 2.19. The number of aliphatic hydroxyl groups is 1. The van der Waals surface area contributed by atoms with E-state index >= 15 is 0 Å². The molecule has 0 saturated carbocycles. The zero-order chi connectivity index (χ0) is 19.4. The lowest BCUT2D eigenvalue weighted by atomic mass is 10.0. The largest absolute Gasteiger partial charge is 0.396 e. The molecule has 1 heterocycles. The number of aliphatic hydroxyl groups excluding tert-OH is 1. The summed E-state index contributed by atoms with van der Waals surface area (Å²) in [7, 11) is 0. The highest BCUT2D eigenvalue weighted by molar-refractivity contribution is 4.72. The summed E-state index contributed by atoms with van der Waals surface area (Å²) in [5.74, 6) is 0.328. The van der Waals surface area contributed by atoms with E-state index in [1.807, 2.05) is 0 Å². The molecule has 1 rings (SSSR count). The van der Waals surface area contributed by atoms with Crippen LogP contribution in [0.2, 0.25) is 0 Å². The standard InChI is InChI=1S/C24H48O3/c1-2-3-4-5-6-7-8-9-10-11-12-13-14-15-16-17-18-26-22-24-19-23(20-25)21-27-24/h23-25H,2-22H2,1H3. The number of hydrogen-bond donors (Lipinski definition) is 1. The molecule has 1 N–H and O–H groups in total. The lowest BCUT2D eigenvalue weighted by Gasteiger charge is -2.10. The number of unbranched alkanes of at least 4 members (excludes halogenated alkanes) is 15. The van der Waals surface area contributed by atoms with E-state index in [-0.39, 0.29) is 12.7 Å². The predicted molar refractivity (Wildman–Crippen MR) is 115 cm³/mol. The Morgan fingerprint density at radius 2 is 1.22 bits per heavy atom. The van der Waals surface area contributed by atoms with Gasteiger partial charge >= 0.3 is 0 Å². The Bertz CT molecular complexity index is 295. The third kappa shape index (κ3) is 15.5. The quantitative estimate of drug-likeness (QED) is 0.238. The zero-order valence-corrected chi connectivity index (χ0v) is 18.3. The smallest absolute Gasteiger partial charge is 0.0813 e. The normalized spacial score (nSPS) is 19.8. The van der Waals surface area contributed by atoms with Crippen molar-refractivity contribution < 1.29 is 14.6 Å². The van der Waals surface area contributed by atoms with Gasteiger partial charge in [-0.2, -0.15) is 0 Å². The predicted octanol–water partition coefficient (Wildman–Crippen LogP) is 6.66. The molecule has 0 radical (unpaired) electrons. The summed E-state index contributed by atoms with van der Waals surface area (Å²) in [5, 5.41) is 9.09. The van der Waals surface area contributed by atoms with Crippen LogP contribution < -0.4 is 0 Å². The third-order valence-electron chi connectivity index (χ3n) is 5.87. The van der Waals surface area contributed by atoms with Gasteiger partial charge in [0.05, 0.1) is 19.3 Å². The monoisotopic (exact) mass is 384 g/mol. The van der Waals surface area contributed by atoms with Gasteiger partial charge in [-0.1, -0.05) is 103 Å². The van der Waals surface area contributed by atoms with E-state index in [2.05, 4.69) is 6.92 Å². The molecule has 1 aliphatic rings. The maximum absolute atomic E-state index is 9.09. The molecule has 2 atom stereocenters. The highest BCUT2D eigenvalue weighted by Gasteiger charge is 2.24. The van der Waals surface area contributed by atoms with Gasteiger partial charge in [-0.3, -0.25) is 0 Å². The number of ether oxygens (including phenoxy) is 2. The molecule has 0 bridgehead atoms. The van der Waals surface area contributed by atoms with Crippen LogP contribution in [0.4, 0.5) is 0 Å². The molecule has 162 valence electrons. The van der Waals surface area contributed by atoms with Crippen molar-refractivity contribution >= 4 is 0 Å². The minimum Gasteiger partial charge on any atom is -0.396 e. The zero-order valence-electron chi connectivity index (χ0n) is 18.3. The summed E-state index contributed by atoms with van der Waals surface area (Å²) in [4.78, 5) is 0. The molecule has 0 aromatic heterocycles. The Balaban J connectivity index is 1.67. The van der Waals surface area contributed by atoms with Crippen LogP contribution >= 0.6 is 0 Å². The fraction of sp³-hybridized carbons (Fsp3) is 1.00. The highest BCUT2D eigenvalue weighted by atomic mass is 16.5. The molecular formula is C24H48O3. The first kappa shape index (κ1) is 24.9. The van der Waals surface area contributed by atoms with Crippen molar-refractivity contribution in [1.82, 2.24) is 0 Å². The molecule has 1 saturated heterocycles. The van der Waals surface area contributed by atoms with Gasteiger partial charge in [0, 0.05) is 19.1 Å². The summed E-state index contributed by atoms with van der Waals surface area (Å²) >= 11 is 0. The molecule has 0 aromatic rings. The number of rotatable bonds is 20. The van der Waals surface area contributed by atoms with Crippen LogP contribution in [-0.2, 0) is 9.47 Å². The number of hydrogen-bond acceptors (Lipinski definition) is 3. The molecule has 27 heavy (non-hydrogen) atoms. The molecule has 0 aliphatic carbocycles. The summed E-state index contributed by atoms with van der Waals surface area (Å²) in [6.07, 6.45) is 23.6. The van der Waals surface area contributed by atoms with Crippen molar-refractivity contribution in [2.75, 3.05) is 26.4 Å². The van der Waals surface area contributed by atoms with Crippen LogP contribution in [0.3, 0.4) is 0 Å². The van der Waals surface area contributed by atoms with Crippen molar-refractivity contribution in [1.29, 1.82) is 0 Å². The molecule has 3 heteroatoms. The summed E-state index contributed by atoms with van der Waals surface area (Å²) in [5.41, 5.74) is 0. The second-order valence-electron chi connectivity index (χ2n) is 8.62. The van der Waals surface area contributed by atoms with Gasteiger partial charge < -0.3 is 14.6 Å². The summed E-state index contributed by atoms with van der Waals surface area (Å²) in [6.45, 7) is 4.80. The first-order chi connectivity index (χ1) is 13.4. The van der Waals surface area contributed by atoms with Gasteiger partial charge in [0.1, 0.15) is 0 Å². The Morgan fingerprint density at radius 1 is 0.741 bits per heavy atom. The Morgan fingerprint density at radius 3 is 1.67 bits per heavy atom. The van der Waals surface area contributed by atoms with Crippen molar-refractivity contribution in [3.05, 3.63) is 0 Å². The average Bonchev–Trinajstić information content (AvgIpc) is 3.15. The lowest BCUT2D eigenvalue weighted by molar-refractivity contribution is 0.0149. The molecular weight excluding hydrogens is 336 g/mol. The van der Waals surface area contributed by atoms with Gasteiger partial charge in [0.25, 0.3) is 0 Å². The molecule has 1 aliphatic heterocycles. The summed E-state index contributed by atoms with van der Waals surface area (Å²) in [6, 6.07) is 0. The van der Waals surface area contributed by atoms with Crippen molar-refractivity contribution in [2.45, 2.75) is 122 Å². The van der Waals surface area contributed by atoms with E-state index in [1.54, 1.807) is 0 Å². The van der Waals surface area contributed by atoms with Gasteiger partial charge in [-0.25, -0.2) is 0 Å². The van der Waals surface area contributed by atoms with Crippen molar-refractivity contribution in [3.63, 3.8) is 0 Å². The third-order valence-corrected chi connectivity index (χ3v) is 5.87. The van der Waals surface area contributed by atoms with E-state index in [9.17, 15) is 0 Å². The second kappa shape index (κ2) is 19.2. The van der Waals surface area contributed by atoms with E-state index in [1.165, 1.54) is 103 Å². The topological polar surface area (TPSA) is 38.7 Å². The maximum Gasteiger partial charge on any atom is 0.0813 e. The fourth-order valence-electron chi connectivity index (χ4n) is 3.99. The van der Waals surface area contributed by atoms with Crippen molar-refractivity contribution in [3.8, 4) is 0 Å². The average molecular weight is 385 g/mol. The van der Waals surface area contributed by atoms with Crippen molar-refractivity contribution in [2.24, 2.45) is 5.92 Å². The van der Waals surface area contributed by atoms with Gasteiger partial charge in [-0.05, 0) is 12.8 Å². The van der Waals surface area contributed by atoms with Crippen LogP contribution in [-0.4, -0.2) is 37.6 Å². The molecule has 0 spiro atoms. The lowest BCUT2D eigenvalue weighted by Crippen LogP contribution is -2.15. The summed E-state index contributed by atoms with van der Waals surface area (Å²) < 4.78 is 11.3. The van der Waals surface area contributed by atoms with E-state index in [0.717, 1.165) is 13.0 Å². The Kier molecular flexibility index (Phi) is 17.7. The minimum absolute atomic E-state index is 0.211. The van der Waals surface area contributed by atoms with Gasteiger partial charge in [-0.15, -0.1) is 0 Å². The van der Waals surface area contributed by atoms with Crippen LogP contribution in [0.15, 0.2) is 0 Å². The van der Waals surface area contributed by atoms with Crippen LogP contribution in [0.25, 0.3) is 0 Å². The van der Waals surface area contributed by atoms with E-state index in [4.69, 9.17) is 14.6 Å². The van der Waals surface area contributed by atoms with Crippen LogP contribution in [0, 0.1) is 5.92 Å². The first-order valence-corrected chi connectivity index (χ1v) is 12.2. The van der Waals surface area contributed by atoms with Crippen LogP contribution in [0.5, 0.6) is 0 Å². The van der Waals surface area contributed by atoms with E-state index in [0.29, 0.717) is 19.1 Å². The Hall–Kier alpha value is -0.120. The molecule has 0 aromatic carbocycles. The molecule has 2 unspecified atom stereocenters. The van der Waals surface area contributed by atoms with Crippen LogP contribution in [0.1, 0.15) is 116 Å². The maximum atomic E-state index is 9.09. The fourth-order valence-corrected chi connectivity index (χ4v) is 3.99. The van der Waals surface area contributed by atoms with Gasteiger partial charge in [0.2, 0.25) is 0 Å². The molecule has 0 amide bonds. The first-order valence-electron chi connectivity index (χ1n) is 12.2. The second-order valence-corrected chi connectivity index (χ2v) is 8.62.